The third-order valence-corrected chi connectivity index (χ3v) is 4.43. The van der Waals surface area contributed by atoms with Gasteiger partial charge in [0.05, 0.1) is 24.9 Å². The molecule has 0 spiro atoms. The van der Waals surface area contributed by atoms with Crippen molar-refractivity contribution in [3.05, 3.63) is 52.2 Å². The molecule has 3 rings (SSSR count). The summed E-state index contributed by atoms with van der Waals surface area (Å²) in [5.41, 5.74) is 6.99. The van der Waals surface area contributed by atoms with Gasteiger partial charge in [-0.2, -0.15) is 4.98 Å². The monoisotopic (exact) mass is 450 g/mol. The van der Waals surface area contributed by atoms with Crippen molar-refractivity contribution >= 4 is 44.7 Å². The van der Waals surface area contributed by atoms with Crippen LogP contribution in [0.3, 0.4) is 0 Å². The van der Waals surface area contributed by atoms with Gasteiger partial charge in [-0.1, -0.05) is 27.5 Å². The SMILES string of the molecule is COc1cc(OC)c(Nc2ncnc(Oc3ccc(Br)cc3)c2N)cc1Cl. The summed E-state index contributed by atoms with van der Waals surface area (Å²) in [6, 6.07) is 10.6. The van der Waals surface area contributed by atoms with Gasteiger partial charge in [-0.3, -0.25) is 0 Å². The van der Waals surface area contributed by atoms with Crippen molar-refractivity contribution < 1.29 is 14.2 Å². The van der Waals surface area contributed by atoms with E-state index in [-0.39, 0.29) is 11.6 Å². The minimum atomic E-state index is 0.230. The number of hydrogen-bond acceptors (Lipinski definition) is 7. The molecule has 140 valence electrons. The number of methoxy groups -OCH3 is 2. The van der Waals surface area contributed by atoms with Crippen molar-refractivity contribution in [1.29, 1.82) is 0 Å². The highest BCUT2D eigenvalue weighted by Gasteiger charge is 2.15. The fourth-order valence-corrected chi connectivity index (χ4v) is 2.77. The standard InChI is InChI=1S/C18H16BrClN4O3/c1-25-14-8-15(26-2)13(7-12(14)20)24-17-16(21)18(23-9-22-17)27-11-5-3-10(19)4-6-11/h3-9H,21H2,1-2H3,(H,22,23,24). The minimum absolute atomic E-state index is 0.230. The van der Waals surface area contributed by atoms with Crippen molar-refractivity contribution in [2.75, 3.05) is 25.3 Å². The lowest BCUT2D eigenvalue weighted by Crippen LogP contribution is -2.04. The Kier molecular flexibility index (Phi) is 5.88. The maximum Gasteiger partial charge on any atom is 0.248 e. The summed E-state index contributed by atoms with van der Waals surface area (Å²) in [4.78, 5) is 8.27. The van der Waals surface area contributed by atoms with Crippen molar-refractivity contribution in [3.8, 4) is 23.1 Å². The molecule has 0 aliphatic rings. The van der Waals surface area contributed by atoms with Gasteiger partial charge in [0.2, 0.25) is 5.88 Å². The number of ether oxygens (including phenoxy) is 3. The zero-order valence-corrected chi connectivity index (χ0v) is 16.8. The summed E-state index contributed by atoms with van der Waals surface area (Å²) in [6.07, 6.45) is 1.35. The van der Waals surface area contributed by atoms with Crippen molar-refractivity contribution in [1.82, 2.24) is 9.97 Å². The highest BCUT2D eigenvalue weighted by atomic mass is 79.9. The quantitative estimate of drug-likeness (QED) is 0.543. The van der Waals surface area contributed by atoms with Crippen molar-refractivity contribution in [3.63, 3.8) is 0 Å². The summed E-state index contributed by atoms with van der Waals surface area (Å²) >= 11 is 9.58. The van der Waals surface area contributed by atoms with Crippen LogP contribution in [0.25, 0.3) is 0 Å². The Morgan fingerprint density at radius 3 is 2.41 bits per heavy atom. The number of nitrogens with two attached hydrogens (primary N) is 1. The Bertz CT molecular complexity index is 954. The van der Waals surface area contributed by atoms with Gasteiger partial charge in [0.1, 0.15) is 29.3 Å². The predicted molar refractivity (Wildman–Crippen MR) is 108 cm³/mol. The zero-order chi connectivity index (χ0) is 19.4. The van der Waals surface area contributed by atoms with Crippen LogP contribution in [0.4, 0.5) is 17.2 Å². The van der Waals surface area contributed by atoms with Crippen LogP contribution >= 0.6 is 27.5 Å². The minimum Gasteiger partial charge on any atom is -0.495 e. The van der Waals surface area contributed by atoms with Crippen LogP contribution in [-0.2, 0) is 0 Å². The van der Waals surface area contributed by atoms with Crippen LogP contribution in [0.2, 0.25) is 5.02 Å². The average molecular weight is 452 g/mol. The second-order valence-electron chi connectivity index (χ2n) is 5.31. The van der Waals surface area contributed by atoms with Crippen LogP contribution in [0.15, 0.2) is 47.2 Å². The highest BCUT2D eigenvalue weighted by molar-refractivity contribution is 9.10. The van der Waals surface area contributed by atoms with E-state index in [0.29, 0.717) is 33.8 Å². The number of benzene rings is 2. The summed E-state index contributed by atoms with van der Waals surface area (Å²) in [7, 11) is 3.07. The maximum atomic E-state index is 6.20. The number of nitrogens with zero attached hydrogens (tertiary/aromatic N) is 2. The van der Waals surface area contributed by atoms with E-state index in [1.54, 1.807) is 31.4 Å². The molecule has 0 fully saturated rings. The molecule has 0 aliphatic carbocycles. The molecule has 9 heteroatoms. The molecule has 1 heterocycles. The lowest BCUT2D eigenvalue weighted by molar-refractivity contribution is 0.396. The second-order valence-corrected chi connectivity index (χ2v) is 6.63. The zero-order valence-electron chi connectivity index (χ0n) is 14.5. The summed E-state index contributed by atoms with van der Waals surface area (Å²) < 4.78 is 17.3. The van der Waals surface area contributed by atoms with Gasteiger partial charge >= 0.3 is 0 Å². The average Bonchev–Trinajstić information content (AvgIpc) is 2.67. The molecule has 3 N–H and O–H groups in total. The largest absolute Gasteiger partial charge is 0.495 e. The molecule has 0 radical (unpaired) electrons. The lowest BCUT2D eigenvalue weighted by Gasteiger charge is -2.15. The smallest absolute Gasteiger partial charge is 0.248 e. The Morgan fingerprint density at radius 2 is 1.74 bits per heavy atom. The molecule has 3 aromatic rings. The Morgan fingerprint density at radius 1 is 1.04 bits per heavy atom. The van der Waals surface area contributed by atoms with Gasteiger partial charge in [0, 0.05) is 10.5 Å². The maximum absolute atomic E-state index is 6.20. The van der Waals surface area contributed by atoms with Crippen LogP contribution in [0.5, 0.6) is 23.1 Å². The molecule has 0 atom stereocenters. The number of aromatic nitrogens is 2. The number of hydrogen-bond donors (Lipinski definition) is 2. The first-order valence-electron chi connectivity index (χ1n) is 7.74. The third-order valence-electron chi connectivity index (χ3n) is 3.60. The molecule has 0 saturated carbocycles. The van der Waals surface area contributed by atoms with E-state index in [1.165, 1.54) is 13.4 Å². The van der Waals surface area contributed by atoms with Gasteiger partial charge < -0.3 is 25.3 Å². The Balaban J connectivity index is 1.90. The van der Waals surface area contributed by atoms with Gasteiger partial charge in [0.25, 0.3) is 0 Å². The van der Waals surface area contributed by atoms with E-state index >= 15 is 0 Å². The topological polar surface area (TPSA) is 91.5 Å². The number of nitrogen functional groups attached to an aromatic ring is 1. The molecule has 1 aromatic heterocycles. The molecule has 0 aliphatic heterocycles. The number of rotatable bonds is 6. The molecule has 7 nitrogen and oxygen atoms in total. The Hall–Kier alpha value is -2.71. The van der Waals surface area contributed by atoms with Crippen LogP contribution < -0.4 is 25.3 Å². The molecule has 2 aromatic carbocycles. The molecular formula is C18H16BrClN4O3. The Labute approximate surface area is 169 Å². The van der Waals surface area contributed by atoms with Crippen LogP contribution in [-0.4, -0.2) is 24.2 Å². The first kappa shape index (κ1) is 19.1. The number of nitrogens with one attached hydrogen (secondary N) is 1. The number of anilines is 3. The van der Waals surface area contributed by atoms with Crippen LogP contribution in [0.1, 0.15) is 0 Å². The lowest BCUT2D eigenvalue weighted by atomic mass is 10.2. The van der Waals surface area contributed by atoms with E-state index in [0.717, 1.165) is 4.47 Å². The van der Waals surface area contributed by atoms with E-state index < -0.39 is 0 Å². The molecule has 0 saturated heterocycles. The fourth-order valence-electron chi connectivity index (χ4n) is 2.26. The van der Waals surface area contributed by atoms with Gasteiger partial charge in [-0.25, -0.2) is 4.98 Å². The van der Waals surface area contributed by atoms with Gasteiger partial charge in [0.15, 0.2) is 5.82 Å². The molecule has 0 unspecified atom stereocenters. The van der Waals surface area contributed by atoms with E-state index in [2.05, 4.69) is 31.2 Å². The first-order valence-corrected chi connectivity index (χ1v) is 8.91. The highest BCUT2D eigenvalue weighted by Crippen LogP contribution is 2.39. The van der Waals surface area contributed by atoms with Crippen molar-refractivity contribution in [2.24, 2.45) is 0 Å². The molecule has 27 heavy (non-hydrogen) atoms. The first-order chi connectivity index (χ1) is 13.0. The number of halogens is 2. The van der Waals surface area contributed by atoms with E-state index in [9.17, 15) is 0 Å². The van der Waals surface area contributed by atoms with Crippen LogP contribution in [0, 0.1) is 0 Å². The van der Waals surface area contributed by atoms with E-state index in [1.807, 2.05) is 12.1 Å². The van der Waals surface area contributed by atoms with Gasteiger partial charge in [-0.15, -0.1) is 0 Å². The summed E-state index contributed by atoms with van der Waals surface area (Å²) in [5, 5.41) is 3.51. The fraction of sp³-hybridized carbons (Fsp3) is 0.111. The van der Waals surface area contributed by atoms with Gasteiger partial charge in [-0.05, 0) is 30.3 Å². The summed E-state index contributed by atoms with van der Waals surface area (Å²) in [5.74, 6) is 2.20. The third kappa shape index (κ3) is 4.35. The van der Waals surface area contributed by atoms with Crippen molar-refractivity contribution in [2.45, 2.75) is 0 Å². The normalized spacial score (nSPS) is 10.4. The molecular weight excluding hydrogens is 436 g/mol. The second kappa shape index (κ2) is 8.32. The molecule has 0 amide bonds. The van der Waals surface area contributed by atoms with E-state index in [4.69, 9.17) is 31.5 Å². The summed E-state index contributed by atoms with van der Waals surface area (Å²) in [6.45, 7) is 0. The predicted octanol–water partition coefficient (Wildman–Crippen LogP) is 5.03. The molecule has 0 bridgehead atoms.